The van der Waals surface area contributed by atoms with Crippen LogP contribution in [0.5, 0.6) is 5.75 Å². The second-order valence-corrected chi connectivity index (χ2v) is 7.88. The summed E-state index contributed by atoms with van der Waals surface area (Å²) in [4.78, 5) is 18.7. The number of primary amides is 1. The number of amides is 1. The van der Waals surface area contributed by atoms with Crippen molar-refractivity contribution in [3.8, 4) is 5.75 Å². The Hall–Kier alpha value is -3.35. The summed E-state index contributed by atoms with van der Waals surface area (Å²) in [5.74, 6) is -6.57. The van der Waals surface area contributed by atoms with Crippen molar-refractivity contribution >= 4 is 16.9 Å². The molecular weight excluding hydrogens is 453 g/mol. The van der Waals surface area contributed by atoms with Gasteiger partial charge < -0.3 is 20.2 Å². The second kappa shape index (κ2) is 7.61. The van der Waals surface area contributed by atoms with E-state index in [1.54, 1.807) is 0 Å². The minimum atomic E-state index is -4.81. The molecule has 0 aliphatic carbocycles. The van der Waals surface area contributed by atoms with E-state index in [0.29, 0.717) is 0 Å². The number of ether oxygens (including phenoxy) is 2. The molecular formula is C20H18F5N5O3. The van der Waals surface area contributed by atoms with E-state index < -0.39 is 53.0 Å². The van der Waals surface area contributed by atoms with E-state index in [4.69, 9.17) is 15.2 Å². The summed E-state index contributed by atoms with van der Waals surface area (Å²) in [5.41, 5.74) is 2.46. The van der Waals surface area contributed by atoms with Crippen LogP contribution in [0.25, 0.3) is 11.0 Å². The molecule has 2 aromatic heterocycles. The van der Waals surface area contributed by atoms with Crippen LogP contribution in [0, 0.1) is 17.6 Å². The van der Waals surface area contributed by atoms with Crippen LogP contribution in [0.1, 0.15) is 47.7 Å². The maximum Gasteiger partial charge on any atom is 0.417 e. The van der Waals surface area contributed by atoms with Crippen LogP contribution in [0.2, 0.25) is 0 Å². The van der Waals surface area contributed by atoms with Crippen LogP contribution in [0.4, 0.5) is 22.0 Å². The lowest BCUT2D eigenvalue weighted by Crippen LogP contribution is -2.46. The van der Waals surface area contributed by atoms with Crippen LogP contribution < -0.4 is 10.5 Å². The lowest BCUT2D eigenvalue weighted by molar-refractivity contribution is -0.275. The van der Waals surface area contributed by atoms with E-state index in [0.717, 1.165) is 26.2 Å². The number of nitrogens with zero attached hydrogens (tertiary/aromatic N) is 3. The number of nitrogens with two attached hydrogens (primary N) is 1. The van der Waals surface area contributed by atoms with Gasteiger partial charge in [0.1, 0.15) is 17.4 Å². The summed E-state index contributed by atoms with van der Waals surface area (Å²) < 4.78 is 81.0. The summed E-state index contributed by atoms with van der Waals surface area (Å²) in [6.07, 6.45) is -5.00. The Morgan fingerprint density at radius 1 is 1.30 bits per heavy atom. The van der Waals surface area contributed by atoms with Crippen LogP contribution in [-0.4, -0.2) is 45.0 Å². The quantitative estimate of drug-likeness (QED) is 0.563. The number of nitrogens with one attached hydrogen (secondary N) is 1. The zero-order valence-electron chi connectivity index (χ0n) is 17.5. The molecule has 1 aliphatic heterocycles. The zero-order valence-corrected chi connectivity index (χ0v) is 17.5. The van der Waals surface area contributed by atoms with Crippen LogP contribution in [0.15, 0.2) is 18.3 Å². The fourth-order valence-corrected chi connectivity index (χ4v) is 4.22. The van der Waals surface area contributed by atoms with E-state index in [2.05, 4.69) is 20.2 Å². The number of carbonyl (C=O) groups is 1. The molecule has 1 fully saturated rings. The van der Waals surface area contributed by atoms with Gasteiger partial charge in [0.05, 0.1) is 18.8 Å². The van der Waals surface area contributed by atoms with Gasteiger partial charge in [0.2, 0.25) is 5.82 Å². The molecule has 3 aromatic rings. The number of hydrogen-bond acceptors (Lipinski definition) is 6. The number of benzene rings is 1. The van der Waals surface area contributed by atoms with Crippen molar-refractivity contribution in [2.75, 3.05) is 7.11 Å². The van der Waals surface area contributed by atoms with Gasteiger partial charge in [-0.05, 0) is 13.0 Å². The molecule has 33 heavy (non-hydrogen) atoms. The van der Waals surface area contributed by atoms with Gasteiger partial charge in [-0.25, -0.2) is 9.37 Å². The van der Waals surface area contributed by atoms with Gasteiger partial charge in [-0.2, -0.15) is 22.7 Å². The van der Waals surface area contributed by atoms with Crippen LogP contribution in [0.3, 0.4) is 0 Å². The summed E-state index contributed by atoms with van der Waals surface area (Å²) >= 11 is 0. The average Bonchev–Trinajstić information content (AvgIpc) is 3.29. The molecule has 8 nitrogen and oxygen atoms in total. The number of aromatic amines is 1. The normalized spacial score (nSPS) is 25.5. The first-order valence-electron chi connectivity index (χ1n) is 9.68. The number of imidazole rings is 1. The Kier molecular flexibility index (Phi) is 5.26. The number of methoxy groups -OCH3 is 1. The lowest BCUT2D eigenvalue weighted by Gasteiger charge is -2.32. The van der Waals surface area contributed by atoms with Crippen molar-refractivity contribution in [2.24, 2.45) is 11.7 Å². The summed E-state index contributed by atoms with van der Waals surface area (Å²) in [6, 6.07) is 1.95. The molecule has 3 heterocycles. The highest BCUT2D eigenvalue weighted by atomic mass is 19.4. The third-order valence-corrected chi connectivity index (χ3v) is 6.13. The molecule has 0 radical (unpaired) electrons. The fraction of sp³-hybridized carbons (Fsp3) is 0.400. The molecule has 3 N–H and O–H groups in total. The average molecular weight is 471 g/mol. The van der Waals surface area contributed by atoms with Crippen LogP contribution in [-0.2, 0) is 4.74 Å². The third kappa shape index (κ3) is 3.37. The number of fused-ring (bicyclic) bond motifs is 1. The first-order valence-corrected chi connectivity index (χ1v) is 9.68. The molecule has 176 valence electrons. The van der Waals surface area contributed by atoms with Crippen molar-refractivity contribution in [3.05, 3.63) is 47.0 Å². The first-order chi connectivity index (χ1) is 15.4. The van der Waals surface area contributed by atoms with Crippen molar-refractivity contribution in [2.45, 2.75) is 37.6 Å². The van der Waals surface area contributed by atoms with Gasteiger partial charge in [-0.15, -0.1) is 5.10 Å². The minimum absolute atomic E-state index is 0.0135. The topological polar surface area (TPSA) is 116 Å². The molecule has 1 aromatic carbocycles. The van der Waals surface area contributed by atoms with Gasteiger partial charge in [0.15, 0.2) is 22.9 Å². The number of halogens is 5. The Bertz CT molecular complexity index is 1250. The Morgan fingerprint density at radius 3 is 2.61 bits per heavy atom. The Morgan fingerprint density at radius 2 is 2.00 bits per heavy atom. The largest absolute Gasteiger partial charge is 0.493 e. The van der Waals surface area contributed by atoms with Gasteiger partial charge in [0, 0.05) is 17.4 Å². The standard InChI is InChI=1S/C20H18F5N5O3/c1-7-11(8-4-5-9(21)12(22)15(8)32-3)16(33-19(7,2)20(23,24)25)18-28-10-6-27-30-14(17(26)31)13(10)29-18/h4-7,11,16H,1-3H3,(H2,26,31)(H,28,29)/t7-,11-,16+,19+/m0/s1. The minimum Gasteiger partial charge on any atom is -0.493 e. The monoisotopic (exact) mass is 471 g/mol. The number of aromatic nitrogens is 4. The summed E-state index contributed by atoms with van der Waals surface area (Å²) in [5, 5.41) is 7.24. The van der Waals surface area contributed by atoms with Crippen molar-refractivity contribution < 1.29 is 36.2 Å². The highest BCUT2D eigenvalue weighted by molar-refractivity contribution is 6.01. The van der Waals surface area contributed by atoms with E-state index in [1.165, 1.54) is 13.1 Å². The maximum absolute atomic E-state index is 14.5. The molecule has 1 aliphatic rings. The molecule has 1 amide bonds. The number of alkyl halides is 3. The molecule has 0 saturated carbocycles. The van der Waals surface area contributed by atoms with Gasteiger partial charge in [-0.3, -0.25) is 4.79 Å². The van der Waals surface area contributed by atoms with Crippen molar-refractivity contribution in [1.29, 1.82) is 0 Å². The number of rotatable bonds is 4. The number of H-pyrrole nitrogens is 1. The number of hydrogen-bond donors (Lipinski definition) is 2. The Labute approximate surface area is 183 Å². The molecule has 1 saturated heterocycles. The van der Waals surface area contributed by atoms with E-state index in [-0.39, 0.29) is 28.1 Å². The summed E-state index contributed by atoms with van der Waals surface area (Å²) in [7, 11) is 1.08. The summed E-state index contributed by atoms with van der Waals surface area (Å²) in [6.45, 7) is 2.16. The zero-order chi connectivity index (χ0) is 24.3. The molecule has 4 rings (SSSR count). The predicted octanol–water partition coefficient (Wildman–Crippen LogP) is 3.55. The van der Waals surface area contributed by atoms with Gasteiger partial charge in [0.25, 0.3) is 5.91 Å². The van der Waals surface area contributed by atoms with E-state index in [9.17, 15) is 26.7 Å². The smallest absolute Gasteiger partial charge is 0.417 e. The molecule has 4 atom stereocenters. The van der Waals surface area contributed by atoms with Crippen molar-refractivity contribution in [3.63, 3.8) is 0 Å². The molecule has 0 unspecified atom stereocenters. The second-order valence-electron chi connectivity index (χ2n) is 7.88. The Balaban J connectivity index is 1.94. The number of carbonyl (C=O) groups excluding carboxylic acids is 1. The third-order valence-electron chi connectivity index (χ3n) is 6.13. The highest BCUT2D eigenvalue weighted by Gasteiger charge is 2.65. The molecule has 13 heteroatoms. The van der Waals surface area contributed by atoms with Gasteiger partial charge >= 0.3 is 6.18 Å². The van der Waals surface area contributed by atoms with Crippen LogP contribution >= 0.6 is 0 Å². The SMILES string of the molecule is COc1c([C@H]2[C@H](c3nc4c(C(N)=O)nncc4[nH]3)O[C@@](C)(C(F)(F)F)[C@H]2C)ccc(F)c1F. The van der Waals surface area contributed by atoms with E-state index >= 15 is 0 Å². The van der Waals surface area contributed by atoms with Gasteiger partial charge in [-0.1, -0.05) is 13.0 Å². The van der Waals surface area contributed by atoms with E-state index in [1.807, 2.05) is 0 Å². The highest BCUT2D eigenvalue weighted by Crippen LogP contribution is 2.59. The fourth-order valence-electron chi connectivity index (χ4n) is 4.22. The van der Waals surface area contributed by atoms with Crippen molar-refractivity contribution in [1.82, 2.24) is 20.2 Å². The lowest BCUT2D eigenvalue weighted by atomic mass is 9.77. The molecule has 0 spiro atoms. The first kappa shape index (κ1) is 22.8. The predicted molar refractivity (Wildman–Crippen MR) is 103 cm³/mol. The maximum atomic E-state index is 14.5. The molecule has 0 bridgehead atoms.